The van der Waals surface area contributed by atoms with E-state index in [1.807, 2.05) is 0 Å². The van der Waals surface area contributed by atoms with E-state index in [0.29, 0.717) is 16.9 Å². The second-order valence-corrected chi connectivity index (χ2v) is 4.01. The van der Waals surface area contributed by atoms with Crippen molar-refractivity contribution in [2.75, 3.05) is 5.32 Å². The van der Waals surface area contributed by atoms with E-state index in [4.69, 9.17) is 10.8 Å². The van der Waals surface area contributed by atoms with Gasteiger partial charge in [0.2, 0.25) is 0 Å². The third kappa shape index (κ3) is 3.39. The molecule has 8 nitrogen and oxygen atoms in total. The average molecular weight is 275 g/mol. The van der Waals surface area contributed by atoms with E-state index in [1.165, 1.54) is 23.3 Å². The molecule has 0 atom stereocenters. The summed E-state index contributed by atoms with van der Waals surface area (Å²) in [5.74, 6) is -1.34. The van der Waals surface area contributed by atoms with Gasteiger partial charge in [0.1, 0.15) is 6.54 Å². The molecule has 2 heterocycles. The lowest BCUT2D eigenvalue weighted by atomic mass is 10.2. The van der Waals surface area contributed by atoms with Crippen molar-refractivity contribution in [3.8, 4) is 0 Å². The number of hydrogen-bond donors (Lipinski definition) is 3. The lowest BCUT2D eigenvalue weighted by Gasteiger charge is -2.03. The Kier molecular flexibility index (Phi) is 4.06. The molecule has 2 aromatic rings. The molecule has 4 N–H and O–H groups in total. The monoisotopic (exact) mass is 275 g/mol. The maximum Gasteiger partial charge on any atom is 0.325 e. The number of carboxylic acids is 1. The first-order valence-electron chi connectivity index (χ1n) is 5.79. The van der Waals surface area contributed by atoms with Gasteiger partial charge in [0.15, 0.2) is 0 Å². The second kappa shape index (κ2) is 5.93. The van der Waals surface area contributed by atoms with Crippen LogP contribution in [-0.4, -0.2) is 31.7 Å². The summed E-state index contributed by atoms with van der Waals surface area (Å²) in [6, 6.07) is 3.16. The Morgan fingerprint density at radius 1 is 1.45 bits per heavy atom. The fourth-order valence-corrected chi connectivity index (χ4v) is 1.59. The Bertz CT molecular complexity index is 638. The van der Waals surface area contributed by atoms with Gasteiger partial charge in [-0.2, -0.15) is 5.10 Å². The smallest absolute Gasteiger partial charge is 0.325 e. The number of carbonyl (C=O) groups excluding carboxylic acids is 1. The Morgan fingerprint density at radius 2 is 2.25 bits per heavy atom. The number of nitrogens with two attached hydrogens (primary N) is 1. The number of aromatic nitrogens is 3. The molecule has 0 spiro atoms. The van der Waals surface area contributed by atoms with Crippen LogP contribution in [0.3, 0.4) is 0 Å². The number of carbonyl (C=O) groups is 2. The maximum atomic E-state index is 12.0. The van der Waals surface area contributed by atoms with Gasteiger partial charge < -0.3 is 16.2 Å². The largest absolute Gasteiger partial charge is 0.480 e. The SMILES string of the molecule is NCc1cc(C(=O)Nc2cnn(CC(=O)O)c2)ccn1. The van der Waals surface area contributed by atoms with Crippen molar-refractivity contribution in [2.45, 2.75) is 13.1 Å². The number of hydrogen-bond acceptors (Lipinski definition) is 5. The van der Waals surface area contributed by atoms with E-state index in [2.05, 4.69) is 15.4 Å². The van der Waals surface area contributed by atoms with Crippen LogP contribution >= 0.6 is 0 Å². The van der Waals surface area contributed by atoms with E-state index in [9.17, 15) is 9.59 Å². The number of rotatable bonds is 5. The number of pyridine rings is 1. The van der Waals surface area contributed by atoms with Crippen LogP contribution in [0.1, 0.15) is 16.1 Å². The first-order valence-corrected chi connectivity index (χ1v) is 5.79. The van der Waals surface area contributed by atoms with E-state index in [1.54, 1.807) is 12.1 Å². The summed E-state index contributed by atoms with van der Waals surface area (Å²) in [5, 5.41) is 15.1. The van der Waals surface area contributed by atoms with E-state index >= 15 is 0 Å². The highest BCUT2D eigenvalue weighted by Gasteiger charge is 2.09. The highest BCUT2D eigenvalue weighted by molar-refractivity contribution is 6.04. The zero-order valence-electron chi connectivity index (χ0n) is 10.5. The van der Waals surface area contributed by atoms with Crippen molar-refractivity contribution in [3.63, 3.8) is 0 Å². The highest BCUT2D eigenvalue weighted by Crippen LogP contribution is 2.09. The van der Waals surface area contributed by atoms with Crippen molar-refractivity contribution in [3.05, 3.63) is 42.0 Å². The van der Waals surface area contributed by atoms with Gasteiger partial charge in [-0.1, -0.05) is 0 Å². The molecule has 0 bridgehead atoms. The van der Waals surface area contributed by atoms with Crippen LogP contribution in [0.25, 0.3) is 0 Å². The molecule has 0 aliphatic heterocycles. The molecule has 0 aliphatic carbocycles. The summed E-state index contributed by atoms with van der Waals surface area (Å²) in [6.45, 7) is -0.0138. The molecule has 1 amide bonds. The van der Waals surface area contributed by atoms with Gasteiger partial charge in [-0.05, 0) is 12.1 Å². The number of anilines is 1. The predicted octanol–water partition coefficient (Wildman–Crippen LogP) is 0.0737. The van der Waals surface area contributed by atoms with Gasteiger partial charge in [0.25, 0.3) is 5.91 Å². The fourth-order valence-electron chi connectivity index (χ4n) is 1.59. The zero-order chi connectivity index (χ0) is 14.5. The summed E-state index contributed by atoms with van der Waals surface area (Å²) in [6.07, 6.45) is 4.33. The van der Waals surface area contributed by atoms with E-state index in [0.717, 1.165) is 0 Å². The zero-order valence-corrected chi connectivity index (χ0v) is 10.5. The van der Waals surface area contributed by atoms with Crippen LogP contribution in [0.15, 0.2) is 30.7 Å². The number of aliphatic carboxylic acids is 1. The molecular formula is C12H13N5O3. The number of nitrogens with one attached hydrogen (secondary N) is 1. The predicted molar refractivity (Wildman–Crippen MR) is 69.9 cm³/mol. The summed E-state index contributed by atoms with van der Waals surface area (Å²) >= 11 is 0. The molecule has 0 saturated carbocycles. The van der Waals surface area contributed by atoms with E-state index < -0.39 is 5.97 Å². The quantitative estimate of drug-likeness (QED) is 0.709. The fraction of sp³-hybridized carbons (Fsp3) is 0.167. The van der Waals surface area contributed by atoms with Crippen LogP contribution in [0, 0.1) is 0 Å². The Labute approximate surface area is 114 Å². The van der Waals surface area contributed by atoms with Gasteiger partial charge in [-0.3, -0.25) is 19.3 Å². The van der Waals surface area contributed by atoms with Crippen LogP contribution < -0.4 is 11.1 Å². The molecule has 0 saturated heterocycles. The van der Waals surface area contributed by atoms with Crippen molar-refractivity contribution in [1.29, 1.82) is 0 Å². The van der Waals surface area contributed by atoms with Gasteiger partial charge in [0.05, 0.1) is 17.6 Å². The lowest BCUT2D eigenvalue weighted by Crippen LogP contribution is -2.13. The van der Waals surface area contributed by atoms with Gasteiger partial charge >= 0.3 is 5.97 Å². The molecule has 8 heteroatoms. The van der Waals surface area contributed by atoms with Crippen molar-refractivity contribution < 1.29 is 14.7 Å². The molecule has 104 valence electrons. The molecule has 0 unspecified atom stereocenters. The first kappa shape index (κ1) is 13.7. The van der Waals surface area contributed by atoms with Crippen molar-refractivity contribution in [2.24, 2.45) is 5.73 Å². The lowest BCUT2D eigenvalue weighted by molar-refractivity contribution is -0.137. The molecule has 20 heavy (non-hydrogen) atoms. The van der Waals surface area contributed by atoms with Crippen molar-refractivity contribution in [1.82, 2.24) is 14.8 Å². The third-order valence-corrected chi connectivity index (χ3v) is 2.48. The summed E-state index contributed by atoms with van der Waals surface area (Å²) in [4.78, 5) is 26.5. The third-order valence-electron chi connectivity index (χ3n) is 2.48. The van der Waals surface area contributed by atoms with Crippen LogP contribution in [0.2, 0.25) is 0 Å². The maximum absolute atomic E-state index is 12.0. The summed E-state index contributed by atoms with van der Waals surface area (Å²) < 4.78 is 1.22. The molecule has 0 aromatic carbocycles. The summed E-state index contributed by atoms with van der Waals surface area (Å²) in [5.41, 5.74) is 6.91. The van der Waals surface area contributed by atoms with Gasteiger partial charge in [-0.15, -0.1) is 0 Å². The summed E-state index contributed by atoms with van der Waals surface area (Å²) in [7, 11) is 0. The normalized spacial score (nSPS) is 10.2. The van der Waals surface area contributed by atoms with Crippen LogP contribution in [-0.2, 0) is 17.9 Å². The molecular weight excluding hydrogens is 262 g/mol. The topological polar surface area (TPSA) is 123 Å². The number of nitrogens with zero attached hydrogens (tertiary/aromatic N) is 3. The second-order valence-electron chi connectivity index (χ2n) is 4.01. The number of amides is 1. The minimum atomic E-state index is -1.01. The van der Waals surface area contributed by atoms with Crippen LogP contribution in [0.5, 0.6) is 0 Å². The minimum absolute atomic E-state index is 0.248. The molecule has 0 radical (unpaired) electrons. The molecule has 2 rings (SSSR count). The molecule has 2 aromatic heterocycles. The van der Waals surface area contributed by atoms with Gasteiger partial charge in [-0.25, -0.2) is 0 Å². The van der Waals surface area contributed by atoms with Crippen LogP contribution in [0.4, 0.5) is 5.69 Å². The Hall–Kier alpha value is -2.74. The highest BCUT2D eigenvalue weighted by atomic mass is 16.4. The van der Waals surface area contributed by atoms with E-state index in [-0.39, 0.29) is 19.0 Å². The molecule has 0 aliphatic rings. The van der Waals surface area contributed by atoms with Gasteiger partial charge in [0, 0.05) is 24.5 Å². The number of carboxylic acid groups (broad SMARTS) is 1. The minimum Gasteiger partial charge on any atom is -0.480 e. The Balaban J connectivity index is 2.07. The van der Waals surface area contributed by atoms with Crippen molar-refractivity contribution >= 4 is 17.6 Å². The Morgan fingerprint density at radius 3 is 2.95 bits per heavy atom. The standard InChI is InChI=1S/C12H13N5O3/c13-4-9-3-8(1-2-14-9)12(20)16-10-5-15-17(6-10)7-11(18)19/h1-3,5-6H,4,7,13H2,(H,16,20)(H,18,19). The first-order chi connectivity index (χ1) is 9.58. The average Bonchev–Trinajstić information content (AvgIpc) is 2.85. The molecule has 0 fully saturated rings.